The van der Waals surface area contributed by atoms with Crippen LogP contribution in [-0.2, 0) is 35.0 Å². The normalized spacial score (nSPS) is 16.8. The van der Waals surface area contributed by atoms with Crippen LogP contribution in [-0.4, -0.2) is 31.0 Å². The van der Waals surface area contributed by atoms with Crippen molar-refractivity contribution in [2.45, 2.75) is 38.4 Å². The number of rotatable bonds is 7. The minimum absolute atomic E-state index is 0.0765. The lowest BCUT2D eigenvalue weighted by molar-refractivity contribution is -0.138. The van der Waals surface area contributed by atoms with Gasteiger partial charge in [-0.05, 0) is 60.0 Å². The van der Waals surface area contributed by atoms with Crippen LogP contribution in [0.25, 0.3) is 0 Å². The number of benzene rings is 3. The molecule has 0 aliphatic carbocycles. The van der Waals surface area contributed by atoms with Gasteiger partial charge in [0, 0.05) is 5.70 Å². The van der Waals surface area contributed by atoms with Crippen LogP contribution in [0.4, 0.5) is 26.3 Å². The largest absolute Gasteiger partial charge is 0.497 e. The number of guanidine groups is 1. The molecule has 0 saturated carbocycles. The van der Waals surface area contributed by atoms with Crippen LogP contribution in [0.1, 0.15) is 40.8 Å². The SMILES string of the molecule is COC(=O)C1=C(C)N(Cc2cccc(C(F)(F)F)c2)C(=NCc2ccc(OC)cc2)NC1c1ccc(C(F)(F)F)cc1. The van der Waals surface area contributed by atoms with Gasteiger partial charge < -0.3 is 19.7 Å². The van der Waals surface area contributed by atoms with Crippen molar-refractivity contribution < 1.29 is 40.6 Å². The molecule has 0 radical (unpaired) electrons. The van der Waals surface area contributed by atoms with Gasteiger partial charge in [-0.2, -0.15) is 26.3 Å². The number of esters is 1. The van der Waals surface area contributed by atoms with E-state index in [9.17, 15) is 31.1 Å². The summed E-state index contributed by atoms with van der Waals surface area (Å²) in [6.07, 6.45) is -9.11. The lowest BCUT2D eigenvalue weighted by Crippen LogP contribution is -2.48. The third-order valence-corrected chi connectivity index (χ3v) is 6.75. The molecule has 0 bridgehead atoms. The van der Waals surface area contributed by atoms with Gasteiger partial charge in [0.15, 0.2) is 5.96 Å². The fraction of sp³-hybridized carbons (Fsp3) is 0.267. The number of hydrogen-bond donors (Lipinski definition) is 1. The van der Waals surface area contributed by atoms with Crippen LogP contribution < -0.4 is 10.1 Å². The summed E-state index contributed by atoms with van der Waals surface area (Å²) in [7, 11) is 2.69. The van der Waals surface area contributed by atoms with Gasteiger partial charge in [-0.1, -0.05) is 36.4 Å². The highest BCUT2D eigenvalue weighted by Gasteiger charge is 2.37. The number of nitrogens with zero attached hydrogens (tertiary/aromatic N) is 2. The number of methoxy groups -OCH3 is 2. The van der Waals surface area contributed by atoms with Crippen LogP contribution in [0.15, 0.2) is 89.1 Å². The molecule has 3 aromatic rings. The predicted octanol–water partition coefficient (Wildman–Crippen LogP) is 6.88. The molecule has 222 valence electrons. The number of halogens is 6. The lowest BCUT2D eigenvalue weighted by Gasteiger charge is -2.38. The minimum Gasteiger partial charge on any atom is -0.497 e. The van der Waals surface area contributed by atoms with Gasteiger partial charge in [0.05, 0.1) is 50.1 Å². The molecule has 0 spiro atoms. The second-order valence-electron chi connectivity index (χ2n) is 9.46. The smallest absolute Gasteiger partial charge is 0.416 e. The summed E-state index contributed by atoms with van der Waals surface area (Å²) in [5.41, 5.74) is 0.111. The quantitative estimate of drug-likeness (QED) is 0.240. The average Bonchev–Trinajstić information content (AvgIpc) is 2.96. The molecule has 0 saturated heterocycles. The van der Waals surface area contributed by atoms with E-state index in [2.05, 4.69) is 10.3 Å². The fourth-order valence-electron chi connectivity index (χ4n) is 4.53. The molecule has 0 aromatic heterocycles. The molecule has 1 atom stereocenters. The summed E-state index contributed by atoms with van der Waals surface area (Å²) >= 11 is 0. The minimum atomic E-state index is -4.56. The van der Waals surface area contributed by atoms with Crippen molar-refractivity contribution in [1.29, 1.82) is 0 Å². The Hall–Kier alpha value is -4.48. The van der Waals surface area contributed by atoms with Crippen LogP contribution in [0.2, 0.25) is 0 Å². The second kappa shape index (κ2) is 12.2. The van der Waals surface area contributed by atoms with E-state index in [1.165, 1.54) is 31.4 Å². The van der Waals surface area contributed by atoms with Crippen molar-refractivity contribution in [2.24, 2.45) is 4.99 Å². The number of hydrogen-bond acceptors (Lipinski definition) is 4. The second-order valence-corrected chi connectivity index (χ2v) is 9.46. The molecule has 42 heavy (non-hydrogen) atoms. The zero-order valence-corrected chi connectivity index (χ0v) is 22.8. The van der Waals surface area contributed by atoms with Crippen molar-refractivity contribution in [1.82, 2.24) is 10.2 Å². The third kappa shape index (κ3) is 6.87. The number of allylic oxidation sites excluding steroid dienone is 1. The number of nitrogens with one attached hydrogen (secondary N) is 1. The average molecular weight is 592 g/mol. The first-order valence-corrected chi connectivity index (χ1v) is 12.7. The van der Waals surface area contributed by atoms with Gasteiger partial charge in [-0.3, -0.25) is 0 Å². The Morgan fingerprint density at radius 3 is 2.10 bits per heavy atom. The number of alkyl halides is 6. The molecule has 0 amide bonds. The van der Waals surface area contributed by atoms with Gasteiger partial charge in [0.2, 0.25) is 0 Å². The maximum Gasteiger partial charge on any atom is 0.416 e. The van der Waals surface area contributed by atoms with Crippen molar-refractivity contribution in [3.63, 3.8) is 0 Å². The molecule has 1 unspecified atom stereocenters. The molecule has 1 aliphatic rings. The number of aliphatic imine (C=N–C) groups is 1. The van der Waals surface area contributed by atoms with E-state index >= 15 is 0 Å². The van der Waals surface area contributed by atoms with Crippen molar-refractivity contribution >= 4 is 11.9 Å². The van der Waals surface area contributed by atoms with Crippen molar-refractivity contribution in [3.05, 3.63) is 112 Å². The molecule has 1 heterocycles. The monoisotopic (exact) mass is 591 g/mol. The zero-order valence-electron chi connectivity index (χ0n) is 22.8. The first kappa shape index (κ1) is 30.5. The summed E-state index contributed by atoms with van der Waals surface area (Å²) in [4.78, 5) is 19.2. The van der Waals surface area contributed by atoms with Crippen LogP contribution in [0.5, 0.6) is 5.75 Å². The first-order valence-electron chi connectivity index (χ1n) is 12.7. The molecule has 1 N–H and O–H groups in total. The molecule has 4 rings (SSSR count). The van der Waals surface area contributed by atoms with E-state index in [-0.39, 0.29) is 24.6 Å². The molecule has 3 aromatic carbocycles. The lowest BCUT2D eigenvalue weighted by atomic mass is 9.93. The highest BCUT2D eigenvalue weighted by Crippen LogP contribution is 2.36. The first-order chi connectivity index (χ1) is 19.8. The van der Waals surface area contributed by atoms with E-state index < -0.39 is 35.5 Å². The molecule has 6 nitrogen and oxygen atoms in total. The van der Waals surface area contributed by atoms with Crippen LogP contribution in [0, 0.1) is 0 Å². The molecular formula is C30H27F6N3O3. The Balaban J connectivity index is 1.80. The number of carbonyl (C=O) groups is 1. The molecule has 0 fully saturated rings. The van der Waals surface area contributed by atoms with E-state index in [1.807, 2.05) is 0 Å². The predicted molar refractivity (Wildman–Crippen MR) is 143 cm³/mol. The van der Waals surface area contributed by atoms with Gasteiger partial charge in [-0.25, -0.2) is 9.79 Å². The van der Waals surface area contributed by atoms with Crippen molar-refractivity contribution in [3.8, 4) is 5.75 Å². The highest BCUT2D eigenvalue weighted by atomic mass is 19.4. The zero-order chi connectivity index (χ0) is 30.7. The van der Waals surface area contributed by atoms with Gasteiger partial charge in [-0.15, -0.1) is 0 Å². The summed E-state index contributed by atoms with van der Waals surface area (Å²) in [5.74, 6) is 0.0867. The van der Waals surface area contributed by atoms with Crippen LogP contribution >= 0.6 is 0 Å². The Labute approximate surface area is 238 Å². The highest BCUT2D eigenvalue weighted by molar-refractivity contribution is 5.96. The summed E-state index contributed by atoms with van der Waals surface area (Å²) < 4.78 is 90.1. The fourth-order valence-corrected chi connectivity index (χ4v) is 4.53. The molecule has 12 heteroatoms. The van der Waals surface area contributed by atoms with E-state index in [0.717, 1.165) is 36.9 Å². The Kier molecular flexibility index (Phi) is 8.83. The standard InChI is InChI=1S/C30H27F6N3O3/c1-18-25(27(40)42-3)26(21-9-11-22(12-10-21)29(31,32)33)38-28(37-16-19-7-13-24(41-2)14-8-19)39(18)17-20-5-4-6-23(15-20)30(34,35)36/h4-15,26H,16-17H2,1-3H3,(H,37,38). The van der Waals surface area contributed by atoms with Crippen molar-refractivity contribution in [2.75, 3.05) is 14.2 Å². The number of ether oxygens (including phenoxy) is 2. The van der Waals surface area contributed by atoms with Crippen LogP contribution in [0.3, 0.4) is 0 Å². The molecular weight excluding hydrogens is 564 g/mol. The summed E-state index contributed by atoms with van der Waals surface area (Å²) in [6, 6.07) is 15.2. The van der Waals surface area contributed by atoms with Gasteiger partial charge in [0.25, 0.3) is 0 Å². The Bertz CT molecular complexity index is 1480. The maximum absolute atomic E-state index is 13.4. The van der Waals surface area contributed by atoms with E-state index in [0.29, 0.717) is 22.6 Å². The summed E-state index contributed by atoms with van der Waals surface area (Å²) in [6.45, 7) is 1.64. The topological polar surface area (TPSA) is 63.2 Å². The Morgan fingerprint density at radius 1 is 0.881 bits per heavy atom. The third-order valence-electron chi connectivity index (χ3n) is 6.75. The number of carbonyl (C=O) groups excluding carboxylic acids is 1. The Morgan fingerprint density at radius 2 is 1.52 bits per heavy atom. The van der Waals surface area contributed by atoms with Gasteiger partial charge in [0.1, 0.15) is 5.75 Å². The van der Waals surface area contributed by atoms with E-state index in [1.54, 1.807) is 36.1 Å². The van der Waals surface area contributed by atoms with Gasteiger partial charge >= 0.3 is 18.3 Å². The molecule has 1 aliphatic heterocycles. The maximum atomic E-state index is 13.4. The van der Waals surface area contributed by atoms with E-state index in [4.69, 9.17) is 9.47 Å². The summed E-state index contributed by atoms with van der Waals surface area (Å²) in [5, 5.41) is 3.12.